The summed E-state index contributed by atoms with van der Waals surface area (Å²) in [4.78, 5) is 21.6. The summed E-state index contributed by atoms with van der Waals surface area (Å²) in [6, 6.07) is 0. The number of cyclic esters (lactones) is 1. The smallest absolute Gasteiger partial charge is 0.759 e. The molecule has 0 aliphatic carbocycles. The number of esters is 1. The maximum atomic E-state index is 10.5. The van der Waals surface area contributed by atoms with Crippen LogP contribution in [0.15, 0.2) is 11.5 Å². The van der Waals surface area contributed by atoms with E-state index in [0.717, 1.165) is 0 Å². The Balaban J connectivity index is -0.0000000882. The Bertz CT molecular complexity index is 513. The number of aliphatic hydroxyl groups is 4. The van der Waals surface area contributed by atoms with Crippen molar-refractivity contribution in [2.45, 2.75) is 12.2 Å². The van der Waals surface area contributed by atoms with E-state index in [9.17, 15) is 4.79 Å². The van der Waals surface area contributed by atoms with Crippen molar-refractivity contribution < 1.29 is 144 Å². The van der Waals surface area contributed by atoms with Crippen molar-refractivity contribution in [3.05, 3.63) is 11.5 Å². The summed E-state index contributed by atoms with van der Waals surface area (Å²) in [5.74, 6) is -2.78. The first-order valence-electron chi connectivity index (χ1n) is 4.64. The Morgan fingerprint density at radius 2 is 1.60 bits per heavy atom. The van der Waals surface area contributed by atoms with Gasteiger partial charge in [-0.3, -0.25) is 8.42 Å². The maximum Gasteiger partial charge on any atom is 2.00 e. The summed E-state index contributed by atoms with van der Waals surface area (Å²) in [6.07, 6.45) is -4.83. The van der Waals surface area contributed by atoms with Gasteiger partial charge in [0, 0.05) is 10.4 Å². The number of rotatable bonds is 2. The molecule has 0 saturated carbocycles. The van der Waals surface area contributed by atoms with E-state index in [1.165, 1.54) is 0 Å². The molecular formula is C7H8CuNa2O14S. The Hall–Kier alpha value is 0.349. The molecule has 0 saturated heterocycles. The van der Waals surface area contributed by atoms with Crippen LogP contribution in [-0.2, 0) is 41.9 Å². The Kier molecular flexibility index (Phi) is 25.8. The summed E-state index contributed by atoms with van der Waals surface area (Å²) in [6.45, 7) is -0.671. The van der Waals surface area contributed by atoms with Gasteiger partial charge >= 0.3 is 82.2 Å². The quantitative estimate of drug-likeness (QED) is 0.0749. The minimum absolute atomic E-state index is 0. The van der Waals surface area contributed by atoms with Crippen LogP contribution < -0.4 is 69.5 Å². The van der Waals surface area contributed by atoms with E-state index in [1.54, 1.807) is 0 Å². The van der Waals surface area contributed by atoms with Crippen LogP contribution in [0, 0.1) is 0 Å². The summed E-state index contributed by atoms with van der Waals surface area (Å²) < 4.78 is 38.4. The average molecular weight is 458 g/mol. The second-order valence-corrected chi connectivity index (χ2v) is 3.87. The van der Waals surface area contributed by atoms with Gasteiger partial charge in [0.05, 0.1) is 6.61 Å². The molecule has 18 heteroatoms. The molecule has 0 amide bonds. The van der Waals surface area contributed by atoms with Crippen LogP contribution >= 0.6 is 0 Å². The standard InChI is InChI=1S/C6H8O6.CH2O4.Cu.2Na.H2O4S/c7-1-2(8)5-3(9)4(10)6(11)12-5;2-1(3)5-4;;;;1-5(2,3)4/h2,5,7-10H,1H2;4H,(H,2,3);;;;(H2,1,2,3,4)/q;;+2;2*+1;/p-4/t2-,5+;;;;;/m0...../s1. The molecule has 0 spiro atoms. The fraction of sp³-hybridized carbons (Fsp3) is 0.429. The fourth-order valence-corrected chi connectivity index (χ4v) is 0.823. The molecule has 0 aromatic carbocycles. The number of carbonyl (C=O) groups excluding carboxylic acids is 2. The summed E-state index contributed by atoms with van der Waals surface area (Å²) >= 11 is 0. The third-order valence-electron chi connectivity index (χ3n) is 1.54. The van der Waals surface area contributed by atoms with E-state index in [4.69, 9.17) is 53.1 Å². The van der Waals surface area contributed by atoms with Gasteiger partial charge in [0.1, 0.15) is 6.10 Å². The first-order chi connectivity index (χ1) is 9.84. The molecule has 14 nitrogen and oxygen atoms in total. The molecule has 1 aliphatic rings. The molecule has 25 heavy (non-hydrogen) atoms. The van der Waals surface area contributed by atoms with Gasteiger partial charge in [-0.25, -0.2) is 4.79 Å². The number of carbonyl (C=O) groups is 2. The van der Waals surface area contributed by atoms with Crippen LogP contribution in [0.1, 0.15) is 0 Å². The first kappa shape index (κ1) is 36.3. The second kappa shape index (κ2) is 17.7. The van der Waals surface area contributed by atoms with E-state index in [0.29, 0.717) is 0 Å². The van der Waals surface area contributed by atoms with E-state index in [2.05, 4.69) is 9.62 Å². The molecule has 1 heterocycles. The molecule has 0 bridgehead atoms. The van der Waals surface area contributed by atoms with Crippen LogP contribution in [0.25, 0.3) is 0 Å². The molecule has 1 rings (SSSR count). The predicted molar refractivity (Wildman–Crippen MR) is 52.2 cm³/mol. The van der Waals surface area contributed by atoms with Gasteiger partial charge in [0.2, 0.25) is 11.9 Å². The van der Waals surface area contributed by atoms with Gasteiger partial charge in [-0.1, -0.05) is 0 Å². The molecule has 1 aliphatic heterocycles. The normalized spacial score (nSPS) is 16.0. The van der Waals surface area contributed by atoms with E-state index >= 15 is 0 Å². The van der Waals surface area contributed by atoms with Crippen molar-refractivity contribution >= 4 is 22.5 Å². The van der Waals surface area contributed by atoms with Crippen LogP contribution in [0.4, 0.5) is 4.79 Å². The zero-order valence-electron chi connectivity index (χ0n) is 12.4. The third-order valence-corrected chi connectivity index (χ3v) is 1.54. The fourth-order valence-electron chi connectivity index (χ4n) is 0.823. The number of hydrogen-bond donors (Lipinski definition) is 4. The molecule has 2 atom stereocenters. The van der Waals surface area contributed by atoms with Crippen molar-refractivity contribution in [1.82, 2.24) is 0 Å². The number of ether oxygens (including phenoxy) is 1. The largest absolute Gasteiger partial charge is 2.00 e. The minimum atomic E-state index is -5.17. The van der Waals surface area contributed by atoms with Gasteiger partial charge in [0.25, 0.3) is 0 Å². The SMILES string of the molecule is O=C([O-])O[O-].O=C1O[C@H]([C@@H](O)CO)C(O)=C1O.O=S(=O)([O-])[O-].[Cu+2].[Na+].[Na+]. The predicted octanol–water partition coefficient (Wildman–Crippen LogP) is -11.1. The molecule has 1 radical (unpaired) electrons. The van der Waals surface area contributed by atoms with E-state index in [1.807, 2.05) is 0 Å². The minimum Gasteiger partial charge on any atom is -0.759 e. The van der Waals surface area contributed by atoms with Crippen LogP contribution in [-0.4, -0.2) is 68.9 Å². The second-order valence-electron chi connectivity index (χ2n) is 3.05. The molecule has 0 aromatic heterocycles. The summed E-state index contributed by atoms with van der Waals surface area (Å²) in [5, 5.41) is 52.2. The number of carboxylic acid groups (broad SMARTS) is 1. The van der Waals surface area contributed by atoms with E-state index in [-0.39, 0.29) is 76.2 Å². The van der Waals surface area contributed by atoms with Crippen molar-refractivity contribution in [3.8, 4) is 0 Å². The molecule has 4 N–H and O–H groups in total. The summed E-state index contributed by atoms with van der Waals surface area (Å²) in [7, 11) is -5.17. The average Bonchev–Trinajstić information content (AvgIpc) is 2.64. The Morgan fingerprint density at radius 1 is 1.28 bits per heavy atom. The maximum absolute atomic E-state index is 10.5. The zero-order valence-corrected chi connectivity index (χ0v) is 18.2. The number of aliphatic hydroxyl groups excluding tert-OH is 4. The Morgan fingerprint density at radius 3 is 1.76 bits per heavy atom. The van der Waals surface area contributed by atoms with Gasteiger partial charge in [0.15, 0.2) is 11.9 Å². The Labute approximate surface area is 195 Å². The summed E-state index contributed by atoms with van der Waals surface area (Å²) in [5.41, 5.74) is 0. The van der Waals surface area contributed by atoms with Crippen LogP contribution in [0.2, 0.25) is 0 Å². The van der Waals surface area contributed by atoms with Gasteiger partial charge < -0.3 is 54.3 Å². The topological polar surface area (TPSA) is 260 Å². The van der Waals surface area contributed by atoms with Crippen molar-refractivity contribution in [2.75, 3.05) is 6.61 Å². The third kappa shape index (κ3) is 20.5. The number of hydrogen-bond acceptors (Lipinski definition) is 14. The molecule has 139 valence electrons. The molecule has 0 unspecified atom stereocenters. The zero-order chi connectivity index (χ0) is 18.1. The van der Waals surface area contributed by atoms with E-state index < -0.39 is 52.9 Å². The van der Waals surface area contributed by atoms with Crippen molar-refractivity contribution in [2.24, 2.45) is 0 Å². The monoisotopic (exact) mass is 457 g/mol. The van der Waals surface area contributed by atoms with Gasteiger partial charge in [-0.05, 0) is 0 Å². The van der Waals surface area contributed by atoms with Crippen LogP contribution in [0.5, 0.6) is 0 Å². The molecular weight excluding hydrogens is 450 g/mol. The van der Waals surface area contributed by atoms with Crippen molar-refractivity contribution in [3.63, 3.8) is 0 Å². The van der Waals surface area contributed by atoms with Crippen molar-refractivity contribution in [1.29, 1.82) is 0 Å². The van der Waals surface area contributed by atoms with Crippen LogP contribution in [0.3, 0.4) is 0 Å². The van der Waals surface area contributed by atoms with Gasteiger partial charge in [-0.2, -0.15) is 0 Å². The first-order valence-corrected chi connectivity index (χ1v) is 5.97. The molecule has 0 aromatic rings. The molecule has 0 fully saturated rings. The van der Waals surface area contributed by atoms with Gasteiger partial charge in [-0.15, -0.1) is 0 Å².